The van der Waals surface area contributed by atoms with Crippen molar-refractivity contribution in [2.75, 3.05) is 34.0 Å². The van der Waals surface area contributed by atoms with Gasteiger partial charge in [0.25, 0.3) is 5.91 Å². The minimum absolute atomic E-state index is 0.0333. The van der Waals surface area contributed by atoms with E-state index in [1.54, 1.807) is 14.0 Å². The Hall–Kier alpha value is -1.98. The summed E-state index contributed by atoms with van der Waals surface area (Å²) >= 11 is 0. The van der Waals surface area contributed by atoms with Crippen LogP contribution in [0.25, 0.3) is 0 Å². The smallest absolute Gasteiger partial charge is 0.274 e. The molecule has 0 saturated carbocycles. The third kappa shape index (κ3) is 6.26. The van der Waals surface area contributed by atoms with E-state index >= 15 is 0 Å². The molecular weight excluding hydrogens is 396 g/mol. The molecular formula is C20H32N2O8. The first-order chi connectivity index (χ1) is 14.4. The number of carbonyl (C=O) groups excluding carboxylic acids is 1. The van der Waals surface area contributed by atoms with Gasteiger partial charge in [-0.2, -0.15) is 0 Å². The van der Waals surface area contributed by atoms with Gasteiger partial charge in [0.2, 0.25) is 0 Å². The van der Waals surface area contributed by atoms with E-state index in [1.807, 2.05) is 0 Å². The number of nitrogens with one attached hydrogen (secondary N) is 1. The maximum absolute atomic E-state index is 12.6. The zero-order chi connectivity index (χ0) is 22.1. The van der Waals surface area contributed by atoms with E-state index in [2.05, 4.69) is 17.2 Å². The van der Waals surface area contributed by atoms with E-state index < -0.39 is 36.2 Å². The third-order valence-corrected chi connectivity index (χ3v) is 4.85. The molecule has 0 aliphatic carbocycles. The Labute approximate surface area is 176 Å². The van der Waals surface area contributed by atoms with Gasteiger partial charge in [0.15, 0.2) is 23.5 Å². The van der Waals surface area contributed by atoms with Crippen LogP contribution in [0.2, 0.25) is 0 Å². The molecule has 30 heavy (non-hydrogen) atoms. The molecule has 1 fully saturated rings. The van der Waals surface area contributed by atoms with E-state index in [9.17, 15) is 15.0 Å². The van der Waals surface area contributed by atoms with Gasteiger partial charge in [-0.05, 0) is 13.3 Å². The minimum Gasteiger partial charge on any atom is -0.503 e. The highest BCUT2D eigenvalue weighted by Gasteiger charge is 2.35. The molecule has 0 radical (unpaired) electrons. The summed E-state index contributed by atoms with van der Waals surface area (Å²) in [6.07, 6.45) is 0.487. The molecule has 0 spiro atoms. The lowest BCUT2D eigenvalue weighted by Crippen LogP contribution is -2.49. The second-order valence-electron chi connectivity index (χ2n) is 7.02. The number of nitrogens with zero attached hydrogens (tertiary/aromatic N) is 1. The summed E-state index contributed by atoms with van der Waals surface area (Å²) in [5.74, 6) is -0.982. The summed E-state index contributed by atoms with van der Waals surface area (Å²) in [6, 6.07) is 0.526. The predicted octanol–water partition coefficient (Wildman–Crippen LogP) is 0.848. The molecule has 3 N–H and O–H groups in total. The maximum atomic E-state index is 12.6. The van der Waals surface area contributed by atoms with Crippen molar-refractivity contribution in [1.29, 1.82) is 0 Å². The Morgan fingerprint density at radius 1 is 1.37 bits per heavy atom. The van der Waals surface area contributed by atoms with Crippen molar-refractivity contribution in [3.8, 4) is 11.5 Å². The molecule has 1 aliphatic heterocycles. The molecule has 2 rings (SSSR count). The number of amides is 1. The highest BCUT2D eigenvalue weighted by molar-refractivity contribution is 5.95. The maximum Gasteiger partial charge on any atom is 0.274 e. The van der Waals surface area contributed by atoms with Crippen LogP contribution in [0.5, 0.6) is 11.5 Å². The summed E-state index contributed by atoms with van der Waals surface area (Å²) in [4.78, 5) is 16.5. The van der Waals surface area contributed by atoms with Gasteiger partial charge < -0.3 is 39.2 Å². The fourth-order valence-electron chi connectivity index (χ4n) is 3.17. The first kappa shape index (κ1) is 24.3. The van der Waals surface area contributed by atoms with Crippen LogP contribution in [0, 0.1) is 0 Å². The molecule has 1 unspecified atom stereocenters. The van der Waals surface area contributed by atoms with Crippen molar-refractivity contribution in [2.45, 2.75) is 57.3 Å². The van der Waals surface area contributed by atoms with Gasteiger partial charge in [0.1, 0.15) is 18.2 Å². The summed E-state index contributed by atoms with van der Waals surface area (Å²) in [5.41, 5.74) is -0.231. The molecule has 170 valence electrons. The van der Waals surface area contributed by atoms with Crippen molar-refractivity contribution in [1.82, 2.24) is 10.3 Å². The number of aliphatic hydroxyl groups excluding tert-OH is 1. The molecule has 0 aromatic carbocycles. The first-order valence-corrected chi connectivity index (χ1v) is 10.0. The number of aromatic hydroxyl groups is 1. The minimum atomic E-state index is -1.37. The van der Waals surface area contributed by atoms with Crippen LogP contribution in [0.15, 0.2) is 12.3 Å². The van der Waals surface area contributed by atoms with Gasteiger partial charge in [-0.15, -0.1) is 0 Å². The van der Waals surface area contributed by atoms with Gasteiger partial charge >= 0.3 is 0 Å². The van der Waals surface area contributed by atoms with E-state index in [0.717, 1.165) is 12.8 Å². The van der Waals surface area contributed by atoms with E-state index in [0.29, 0.717) is 6.61 Å². The summed E-state index contributed by atoms with van der Waals surface area (Å²) < 4.78 is 27.8. The summed E-state index contributed by atoms with van der Waals surface area (Å²) in [5, 5.41) is 23.3. The lowest BCUT2D eigenvalue weighted by Gasteiger charge is -2.31. The molecule has 5 atom stereocenters. The number of hydrogen-bond donors (Lipinski definition) is 3. The van der Waals surface area contributed by atoms with Crippen molar-refractivity contribution in [3.63, 3.8) is 0 Å². The van der Waals surface area contributed by atoms with Gasteiger partial charge in [-0.3, -0.25) is 4.79 Å². The molecule has 10 heteroatoms. The predicted molar refractivity (Wildman–Crippen MR) is 107 cm³/mol. The first-order valence-electron chi connectivity index (χ1n) is 10.0. The highest BCUT2D eigenvalue weighted by atomic mass is 16.6. The number of ether oxygens (including phenoxy) is 5. The second kappa shape index (κ2) is 12.0. The van der Waals surface area contributed by atoms with Crippen LogP contribution >= 0.6 is 0 Å². The molecule has 10 nitrogen and oxygen atoms in total. The van der Waals surface area contributed by atoms with Crippen molar-refractivity contribution in [3.05, 3.63) is 18.0 Å². The van der Waals surface area contributed by atoms with Gasteiger partial charge in [-0.25, -0.2) is 4.98 Å². The second-order valence-corrected chi connectivity index (χ2v) is 7.02. The monoisotopic (exact) mass is 428 g/mol. The quantitative estimate of drug-likeness (QED) is 0.516. The van der Waals surface area contributed by atoms with E-state index in [1.165, 1.54) is 19.4 Å². The molecule has 1 aromatic heterocycles. The highest BCUT2D eigenvalue weighted by Crippen LogP contribution is 2.27. The zero-order valence-electron chi connectivity index (χ0n) is 17.9. The topological polar surface area (TPSA) is 129 Å². The SMILES string of the molecule is CCCCO[C@H]1COC[C@H](NC(=O)c2nccc(OC)c2O)C(O)O[C@@H](C)[C@@H]1OC. The van der Waals surface area contributed by atoms with Crippen LogP contribution in [-0.2, 0) is 18.9 Å². The Morgan fingerprint density at radius 3 is 2.80 bits per heavy atom. The lowest BCUT2D eigenvalue weighted by atomic mass is 10.1. The fraction of sp³-hybridized carbons (Fsp3) is 0.700. The Kier molecular flexibility index (Phi) is 9.73. The lowest BCUT2D eigenvalue weighted by molar-refractivity contribution is -0.190. The van der Waals surface area contributed by atoms with Gasteiger partial charge in [0, 0.05) is 26.0 Å². The molecule has 1 saturated heterocycles. The zero-order valence-corrected chi connectivity index (χ0v) is 17.9. The average molecular weight is 428 g/mol. The number of aliphatic hydroxyl groups is 1. The van der Waals surface area contributed by atoms with Crippen LogP contribution in [0.1, 0.15) is 37.2 Å². The standard InChI is InChI=1S/C20H32N2O8/c1-5-6-9-29-15-11-28-10-13(20(25)30-12(2)18(15)27-4)22-19(24)16-17(23)14(26-3)7-8-21-16/h7-8,12-13,15,18,20,23,25H,5-6,9-11H2,1-4H3,(H,22,24)/t12-,13-,15-,18-,20?/m0/s1. The van der Waals surface area contributed by atoms with E-state index in [-0.39, 0.29) is 30.8 Å². The van der Waals surface area contributed by atoms with Crippen LogP contribution in [-0.4, -0.2) is 85.8 Å². The number of unbranched alkanes of at least 4 members (excludes halogenated alkanes) is 1. The fourth-order valence-corrected chi connectivity index (χ4v) is 3.17. The summed E-state index contributed by atoms with van der Waals surface area (Å²) in [6.45, 7) is 4.56. The van der Waals surface area contributed by atoms with Gasteiger partial charge in [0.05, 0.1) is 26.4 Å². The summed E-state index contributed by atoms with van der Waals surface area (Å²) in [7, 11) is 2.91. The van der Waals surface area contributed by atoms with Crippen LogP contribution in [0.4, 0.5) is 0 Å². The third-order valence-electron chi connectivity index (χ3n) is 4.85. The Bertz CT molecular complexity index is 674. The van der Waals surface area contributed by atoms with Crippen molar-refractivity contribution < 1.29 is 38.7 Å². The number of hydrogen-bond acceptors (Lipinski definition) is 9. The van der Waals surface area contributed by atoms with Crippen LogP contribution in [0.3, 0.4) is 0 Å². The van der Waals surface area contributed by atoms with Crippen molar-refractivity contribution >= 4 is 5.91 Å². The van der Waals surface area contributed by atoms with E-state index in [4.69, 9.17) is 23.7 Å². The molecule has 2 heterocycles. The molecule has 1 amide bonds. The Morgan fingerprint density at radius 2 is 2.13 bits per heavy atom. The number of rotatable bonds is 8. The largest absolute Gasteiger partial charge is 0.503 e. The number of methoxy groups -OCH3 is 2. The normalized spacial score (nSPS) is 27.6. The van der Waals surface area contributed by atoms with Crippen LogP contribution < -0.4 is 10.1 Å². The average Bonchev–Trinajstić information content (AvgIpc) is 2.77. The molecule has 1 aromatic rings. The molecule has 1 aliphatic rings. The van der Waals surface area contributed by atoms with Crippen molar-refractivity contribution in [2.24, 2.45) is 0 Å². The number of pyridine rings is 1. The number of aromatic nitrogens is 1. The van der Waals surface area contributed by atoms with Gasteiger partial charge in [-0.1, -0.05) is 13.3 Å². The number of carbonyl (C=O) groups is 1. The molecule has 0 bridgehead atoms. The Balaban J connectivity index is 2.10.